The molecule has 0 fully saturated rings. The number of rotatable bonds is 8. The maximum absolute atomic E-state index is 10.7. The van der Waals surface area contributed by atoms with Crippen LogP contribution >= 0.6 is 0 Å². The van der Waals surface area contributed by atoms with E-state index in [1.807, 2.05) is 6.92 Å². The summed E-state index contributed by atoms with van der Waals surface area (Å²) in [5.74, 6) is -0.928. The molecule has 0 aromatic heterocycles. The van der Waals surface area contributed by atoms with Gasteiger partial charge in [-0.1, -0.05) is 6.92 Å². The Bertz CT molecular complexity index is 163. The second-order valence-corrected chi connectivity index (χ2v) is 3.13. The van der Waals surface area contributed by atoms with Crippen molar-refractivity contribution in [3.63, 3.8) is 0 Å². The number of aliphatic hydroxyl groups is 1. The molecule has 0 aromatic carbocycles. The number of methoxy groups -OCH3 is 1. The van der Waals surface area contributed by atoms with E-state index in [0.29, 0.717) is 6.42 Å². The van der Waals surface area contributed by atoms with E-state index in [4.69, 9.17) is 14.9 Å². The molecule has 0 rings (SSSR count). The average Bonchev–Trinajstić information content (AvgIpc) is 2.15. The number of carboxylic acid groups (broad SMARTS) is 1. The minimum absolute atomic E-state index is 0.0243. The van der Waals surface area contributed by atoms with E-state index in [1.165, 1.54) is 7.11 Å². The molecule has 84 valence electrons. The van der Waals surface area contributed by atoms with Gasteiger partial charge in [0.1, 0.15) is 6.04 Å². The molecular formula is C9H19NO4. The van der Waals surface area contributed by atoms with Crippen LogP contribution in [-0.2, 0) is 9.53 Å². The fraction of sp³-hybridized carbons (Fsp3) is 0.889. The molecule has 2 unspecified atom stereocenters. The highest BCUT2D eigenvalue weighted by Gasteiger charge is 2.19. The van der Waals surface area contributed by atoms with Crippen molar-refractivity contribution < 1.29 is 19.7 Å². The minimum Gasteiger partial charge on any atom is -0.480 e. The fourth-order valence-electron chi connectivity index (χ4n) is 1.20. The van der Waals surface area contributed by atoms with E-state index < -0.39 is 12.0 Å². The first-order valence-corrected chi connectivity index (χ1v) is 4.74. The van der Waals surface area contributed by atoms with E-state index in [-0.39, 0.29) is 19.3 Å². The van der Waals surface area contributed by atoms with Crippen molar-refractivity contribution in [3.05, 3.63) is 0 Å². The first kappa shape index (κ1) is 13.4. The van der Waals surface area contributed by atoms with Gasteiger partial charge in [-0.05, 0) is 12.8 Å². The van der Waals surface area contributed by atoms with Crippen LogP contribution < -0.4 is 5.32 Å². The molecule has 0 aromatic rings. The SMILES string of the molecule is CCC(CCO)NC(COC)C(=O)O. The maximum Gasteiger partial charge on any atom is 0.323 e. The van der Waals surface area contributed by atoms with Crippen LogP contribution in [0, 0.1) is 0 Å². The predicted octanol–water partition coefficient (Wildman–Crippen LogP) is -0.163. The summed E-state index contributed by atoms with van der Waals surface area (Å²) < 4.78 is 4.78. The lowest BCUT2D eigenvalue weighted by Crippen LogP contribution is -2.46. The number of aliphatic carboxylic acids is 1. The third-order valence-electron chi connectivity index (χ3n) is 2.04. The molecule has 0 spiro atoms. The Morgan fingerprint density at radius 1 is 1.57 bits per heavy atom. The molecule has 5 heteroatoms. The second kappa shape index (κ2) is 7.73. The van der Waals surface area contributed by atoms with Gasteiger partial charge in [0, 0.05) is 19.8 Å². The highest BCUT2D eigenvalue weighted by Crippen LogP contribution is 1.99. The zero-order chi connectivity index (χ0) is 11.0. The lowest BCUT2D eigenvalue weighted by Gasteiger charge is -2.20. The number of carboxylic acids is 1. The summed E-state index contributed by atoms with van der Waals surface area (Å²) in [4.78, 5) is 10.7. The van der Waals surface area contributed by atoms with Crippen molar-refractivity contribution in [2.24, 2.45) is 0 Å². The van der Waals surface area contributed by atoms with Crippen LogP contribution in [0.1, 0.15) is 19.8 Å². The van der Waals surface area contributed by atoms with Gasteiger partial charge in [-0.3, -0.25) is 10.1 Å². The summed E-state index contributed by atoms with van der Waals surface area (Å²) in [5, 5.41) is 20.5. The molecule has 0 aliphatic rings. The molecule has 0 saturated heterocycles. The number of carbonyl (C=O) groups is 1. The van der Waals surface area contributed by atoms with Gasteiger partial charge in [-0.25, -0.2) is 0 Å². The van der Waals surface area contributed by atoms with Crippen molar-refractivity contribution in [1.82, 2.24) is 5.32 Å². The van der Waals surface area contributed by atoms with Crippen LogP contribution in [0.25, 0.3) is 0 Å². The van der Waals surface area contributed by atoms with Gasteiger partial charge in [-0.2, -0.15) is 0 Å². The molecule has 0 amide bonds. The summed E-state index contributed by atoms with van der Waals surface area (Å²) in [6.07, 6.45) is 1.35. The molecule has 2 atom stereocenters. The molecule has 0 aliphatic heterocycles. The zero-order valence-electron chi connectivity index (χ0n) is 8.69. The van der Waals surface area contributed by atoms with Gasteiger partial charge >= 0.3 is 5.97 Å². The topological polar surface area (TPSA) is 78.8 Å². The van der Waals surface area contributed by atoms with Crippen LogP contribution in [-0.4, -0.2) is 48.6 Å². The summed E-state index contributed by atoms with van der Waals surface area (Å²) >= 11 is 0. The van der Waals surface area contributed by atoms with Crippen LogP contribution in [0.4, 0.5) is 0 Å². The molecule has 0 heterocycles. The molecule has 5 nitrogen and oxygen atoms in total. The number of ether oxygens (including phenoxy) is 1. The third kappa shape index (κ3) is 5.16. The summed E-state index contributed by atoms with van der Waals surface area (Å²) in [6, 6.07) is -0.673. The van der Waals surface area contributed by atoms with Crippen LogP contribution in [0.2, 0.25) is 0 Å². The first-order valence-electron chi connectivity index (χ1n) is 4.74. The number of hydrogen-bond donors (Lipinski definition) is 3. The third-order valence-corrected chi connectivity index (χ3v) is 2.04. The summed E-state index contributed by atoms with van der Waals surface area (Å²) in [6.45, 7) is 2.14. The highest BCUT2D eigenvalue weighted by atomic mass is 16.5. The number of nitrogens with one attached hydrogen (secondary N) is 1. The van der Waals surface area contributed by atoms with Crippen molar-refractivity contribution in [2.75, 3.05) is 20.3 Å². The predicted molar refractivity (Wildman–Crippen MR) is 52.2 cm³/mol. The van der Waals surface area contributed by atoms with E-state index in [2.05, 4.69) is 5.32 Å². The lowest BCUT2D eigenvalue weighted by molar-refractivity contribution is -0.141. The Morgan fingerprint density at radius 3 is 2.57 bits per heavy atom. The Hall–Kier alpha value is -0.650. The number of hydrogen-bond acceptors (Lipinski definition) is 4. The summed E-state index contributed by atoms with van der Waals surface area (Å²) in [5.41, 5.74) is 0. The normalized spacial score (nSPS) is 15.1. The minimum atomic E-state index is -0.928. The Morgan fingerprint density at radius 2 is 2.21 bits per heavy atom. The van der Waals surface area contributed by atoms with E-state index in [1.54, 1.807) is 0 Å². The van der Waals surface area contributed by atoms with Crippen molar-refractivity contribution in [3.8, 4) is 0 Å². The van der Waals surface area contributed by atoms with Crippen molar-refractivity contribution >= 4 is 5.97 Å². The maximum atomic E-state index is 10.7. The van der Waals surface area contributed by atoms with Crippen LogP contribution in [0.15, 0.2) is 0 Å². The van der Waals surface area contributed by atoms with Gasteiger partial charge < -0.3 is 14.9 Å². The van der Waals surface area contributed by atoms with E-state index >= 15 is 0 Å². The van der Waals surface area contributed by atoms with Crippen molar-refractivity contribution in [2.45, 2.75) is 31.8 Å². The van der Waals surface area contributed by atoms with Gasteiger partial charge in [-0.15, -0.1) is 0 Å². The standard InChI is InChI=1S/C9H19NO4/c1-3-7(4-5-11)10-8(6-14-2)9(12)13/h7-8,10-11H,3-6H2,1-2H3,(H,12,13). The first-order chi connectivity index (χ1) is 6.65. The molecular weight excluding hydrogens is 186 g/mol. The molecule has 0 radical (unpaired) electrons. The Kier molecular flexibility index (Phi) is 7.37. The Balaban J connectivity index is 4.03. The fourth-order valence-corrected chi connectivity index (χ4v) is 1.20. The highest BCUT2D eigenvalue weighted by molar-refractivity contribution is 5.73. The van der Waals surface area contributed by atoms with Gasteiger partial charge in [0.2, 0.25) is 0 Å². The average molecular weight is 205 g/mol. The smallest absolute Gasteiger partial charge is 0.323 e. The van der Waals surface area contributed by atoms with Gasteiger partial charge in [0.15, 0.2) is 0 Å². The van der Waals surface area contributed by atoms with E-state index in [9.17, 15) is 4.79 Å². The second-order valence-electron chi connectivity index (χ2n) is 3.13. The molecule has 0 saturated carbocycles. The monoisotopic (exact) mass is 205 g/mol. The van der Waals surface area contributed by atoms with Crippen molar-refractivity contribution in [1.29, 1.82) is 0 Å². The molecule has 0 aliphatic carbocycles. The van der Waals surface area contributed by atoms with E-state index in [0.717, 1.165) is 6.42 Å². The zero-order valence-corrected chi connectivity index (χ0v) is 8.69. The van der Waals surface area contributed by atoms with Crippen LogP contribution in [0.5, 0.6) is 0 Å². The molecule has 3 N–H and O–H groups in total. The Labute approximate surface area is 84.1 Å². The van der Waals surface area contributed by atoms with Crippen LogP contribution in [0.3, 0.4) is 0 Å². The quantitative estimate of drug-likeness (QED) is 0.513. The molecule has 0 bridgehead atoms. The lowest BCUT2D eigenvalue weighted by atomic mass is 10.1. The van der Waals surface area contributed by atoms with Gasteiger partial charge in [0.25, 0.3) is 0 Å². The molecule has 14 heavy (non-hydrogen) atoms. The van der Waals surface area contributed by atoms with Gasteiger partial charge in [0.05, 0.1) is 6.61 Å². The summed E-state index contributed by atoms with van der Waals surface area (Å²) in [7, 11) is 1.46. The largest absolute Gasteiger partial charge is 0.480 e. The number of aliphatic hydroxyl groups excluding tert-OH is 1.